The molecule has 0 saturated heterocycles. The van der Waals surface area contributed by atoms with Gasteiger partial charge in [-0.05, 0) is 123 Å². The monoisotopic (exact) mass is 1030 g/mol. The molecule has 5 N–H and O–H groups in total. The van der Waals surface area contributed by atoms with Gasteiger partial charge in [-0.25, -0.2) is 38.7 Å². The second kappa shape index (κ2) is 21.2. The van der Waals surface area contributed by atoms with Crippen molar-refractivity contribution in [3.05, 3.63) is 82.3 Å². The Morgan fingerprint density at radius 1 is 0.597 bits per heavy atom. The van der Waals surface area contributed by atoms with Gasteiger partial charge in [-0.3, -0.25) is 44.0 Å². The van der Waals surface area contributed by atoms with E-state index in [0.717, 1.165) is 38.7 Å². The highest BCUT2D eigenvalue weighted by Crippen LogP contribution is 2.30. The summed E-state index contributed by atoms with van der Waals surface area (Å²) < 4.78 is 70.0. The Morgan fingerprint density at radius 3 is 1.64 bits per heavy atom. The number of carbonyl (C=O) groups excluding carboxylic acids is 3. The molecule has 17 nitrogen and oxygen atoms in total. The Balaban J connectivity index is 0.000000202. The van der Waals surface area contributed by atoms with Crippen LogP contribution in [0.15, 0.2) is 48.5 Å². The topological polar surface area (TPSA) is 220 Å². The predicted molar refractivity (Wildman–Crippen MR) is 266 cm³/mol. The number of fused-ring (bicyclic) bond motifs is 3. The van der Waals surface area contributed by atoms with Crippen LogP contribution in [0.4, 0.5) is 39.8 Å². The van der Waals surface area contributed by atoms with Crippen LogP contribution >= 0.6 is 11.6 Å². The number of hydrogen-bond acceptors (Lipinski definition) is 11. The van der Waals surface area contributed by atoms with Crippen LogP contribution in [-0.2, 0) is 26.5 Å². The minimum Gasteiger partial charge on any atom is -0.390 e. The third-order valence-electron chi connectivity index (χ3n) is 10.0. The third kappa shape index (κ3) is 15.7. The van der Waals surface area contributed by atoms with Gasteiger partial charge in [0.15, 0.2) is 16.9 Å². The van der Waals surface area contributed by atoms with E-state index in [1.807, 2.05) is 85.1 Å². The molecule has 0 aliphatic carbocycles. The Bertz CT molecular complexity index is 3120. The van der Waals surface area contributed by atoms with Gasteiger partial charge in [0.25, 0.3) is 0 Å². The highest BCUT2D eigenvalue weighted by Gasteiger charge is 2.32. The van der Waals surface area contributed by atoms with E-state index in [9.17, 15) is 46.5 Å². The van der Waals surface area contributed by atoms with E-state index in [4.69, 9.17) is 11.6 Å². The molecule has 0 atom stereocenters. The van der Waals surface area contributed by atoms with Crippen molar-refractivity contribution in [2.75, 3.05) is 16.0 Å². The van der Waals surface area contributed by atoms with Crippen LogP contribution in [-0.4, -0.2) is 88.9 Å². The number of halogens is 6. The molecule has 0 fully saturated rings. The first-order chi connectivity index (χ1) is 32.9. The molecular weight excluding hydrogens is 967 g/mol. The molecule has 1 aromatic carbocycles. The van der Waals surface area contributed by atoms with Crippen LogP contribution in [0, 0.1) is 37.8 Å². The van der Waals surface area contributed by atoms with Gasteiger partial charge in [-0.1, -0.05) is 32.4 Å². The number of aryl methyl sites for hydroxylation is 3. The molecule has 0 radical (unpaired) electrons. The normalized spacial score (nSPS) is 12.3. The quantitative estimate of drug-likeness (QED) is 0.0641. The van der Waals surface area contributed by atoms with E-state index in [1.165, 1.54) is 42.7 Å². The van der Waals surface area contributed by atoms with Crippen LogP contribution in [0.2, 0.25) is 5.15 Å². The molecule has 388 valence electrons. The van der Waals surface area contributed by atoms with Crippen LogP contribution < -0.4 is 16.0 Å². The van der Waals surface area contributed by atoms with Gasteiger partial charge in [0.05, 0.1) is 29.7 Å². The Hall–Kier alpha value is -6.65. The number of aliphatic hydroxyl groups is 2. The van der Waals surface area contributed by atoms with Crippen LogP contribution in [0.3, 0.4) is 0 Å². The summed E-state index contributed by atoms with van der Waals surface area (Å²) in [6.45, 7) is 22.3. The highest BCUT2D eigenvalue weighted by atomic mass is 35.5. The SMILES string of the molecule is CC(C)(O)CC(=O)Nc1nc2ccc(Cl)nc2n1CC(F)(F)F.Cc1cc2nc(NC(=O)CC(C)(C)C)n(-c3cc(F)cc(F)c3)c2nc1C.Cc1ccc2nc(NC(=O)CC(C)(C)O)n(C(C)(C)C)c2n1. The van der Waals surface area contributed by atoms with E-state index in [-0.39, 0.29) is 75.9 Å². The molecule has 72 heavy (non-hydrogen) atoms. The fourth-order valence-corrected chi connectivity index (χ4v) is 7.28. The summed E-state index contributed by atoms with van der Waals surface area (Å²) in [6.07, 6.45) is -4.55. The van der Waals surface area contributed by atoms with Gasteiger partial charge < -0.3 is 10.2 Å². The standard InChI is InChI=1S/C20H22F2N4O.C16H24N4O2.C13H14ClF3N4O2/c1-11-6-16-18(23-12(11)2)26(15-8-13(21)7-14(22)9-15)19(24-16)25-17(27)10-20(3,4)5;1-10-7-8-11-13(17-10)20(15(2,3)4)14(18-11)19-12(21)9-16(5,6)22;1-12(2,23)5-9(22)20-11-18-7-3-4-8(14)19-10(7)21(11)6-13(15,16)17/h6-9H,10H2,1-5H3,(H,24,25,27);7-8,22H,9H2,1-6H3,(H,18,19,21);3-4,23H,5-6H2,1-2H3,(H,18,20,22). The molecule has 23 heteroatoms. The maximum Gasteiger partial charge on any atom is 0.406 e. The van der Waals surface area contributed by atoms with Gasteiger partial charge in [-0.2, -0.15) is 13.2 Å². The van der Waals surface area contributed by atoms with Crippen molar-refractivity contribution >= 4 is 80.7 Å². The molecule has 6 aromatic heterocycles. The first-order valence-corrected chi connectivity index (χ1v) is 23.0. The number of rotatable bonds is 10. The van der Waals surface area contributed by atoms with Gasteiger partial charge in [0, 0.05) is 29.4 Å². The Morgan fingerprint density at radius 2 is 1.10 bits per heavy atom. The largest absolute Gasteiger partial charge is 0.406 e. The van der Waals surface area contributed by atoms with Crippen molar-refractivity contribution in [1.29, 1.82) is 0 Å². The number of alkyl halides is 3. The number of benzene rings is 1. The maximum absolute atomic E-state index is 13.8. The molecule has 6 heterocycles. The lowest BCUT2D eigenvalue weighted by Crippen LogP contribution is -2.30. The van der Waals surface area contributed by atoms with Crippen molar-refractivity contribution in [1.82, 2.24) is 43.6 Å². The first-order valence-electron chi connectivity index (χ1n) is 22.6. The molecule has 0 aliphatic rings. The lowest BCUT2D eigenvalue weighted by Gasteiger charge is -2.24. The summed E-state index contributed by atoms with van der Waals surface area (Å²) in [6, 6.07) is 11.6. The number of imidazole rings is 3. The van der Waals surface area contributed by atoms with Crippen molar-refractivity contribution in [3.8, 4) is 5.69 Å². The maximum atomic E-state index is 13.8. The molecule has 0 unspecified atom stereocenters. The van der Waals surface area contributed by atoms with Crippen LogP contribution in [0.5, 0.6) is 0 Å². The summed E-state index contributed by atoms with van der Waals surface area (Å²) in [5, 5.41) is 27.2. The number of amides is 3. The van der Waals surface area contributed by atoms with E-state index in [0.29, 0.717) is 17.1 Å². The van der Waals surface area contributed by atoms with Crippen molar-refractivity contribution in [2.45, 2.75) is 139 Å². The Labute approximate surface area is 417 Å². The zero-order valence-corrected chi connectivity index (χ0v) is 43.1. The van der Waals surface area contributed by atoms with E-state index in [2.05, 4.69) is 45.9 Å². The van der Waals surface area contributed by atoms with Crippen molar-refractivity contribution in [3.63, 3.8) is 0 Å². The average Bonchev–Trinajstić information content (AvgIpc) is 3.81. The number of anilines is 3. The highest BCUT2D eigenvalue weighted by molar-refractivity contribution is 6.29. The fraction of sp³-hybridized carbons (Fsp3) is 0.449. The van der Waals surface area contributed by atoms with Gasteiger partial charge >= 0.3 is 6.18 Å². The number of nitrogens with zero attached hydrogens (tertiary/aromatic N) is 9. The lowest BCUT2D eigenvalue weighted by molar-refractivity contribution is -0.140. The fourth-order valence-electron chi connectivity index (χ4n) is 7.13. The average molecular weight is 1030 g/mol. The summed E-state index contributed by atoms with van der Waals surface area (Å²) in [5.74, 6) is -2.28. The molecule has 0 spiro atoms. The molecule has 0 bridgehead atoms. The number of nitrogens with one attached hydrogen (secondary N) is 3. The summed E-state index contributed by atoms with van der Waals surface area (Å²) in [7, 11) is 0. The van der Waals surface area contributed by atoms with Crippen LogP contribution in [0.25, 0.3) is 39.2 Å². The van der Waals surface area contributed by atoms with Crippen LogP contribution in [0.1, 0.15) is 105 Å². The molecule has 3 amide bonds. The second-order valence-electron chi connectivity index (χ2n) is 20.8. The summed E-state index contributed by atoms with van der Waals surface area (Å²) >= 11 is 5.71. The van der Waals surface area contributed by atoms with Gasteiger partial charge in [-0.15, -0.1) is 0 Å². The molecular formula is C49H60ClF5N12O5. The molecule has 7 aromatic rings. The predicted octanol–water partition coefficient (Wildman–Crippen LogP) is 10.0. The zero-order chi connectivity index (χ0) is 54.1. The third-order valence-corrected chi connectivity index (χ3v) is 10.2. The minimum atomic E-state index is -4.53. The zero-order valence-electron chi connectivity index (χ0n) is 42.4. The number of pyridine rings is 3. The molecule has 7 rings (SSSR count). The molecule has 0 aliphatic heterocycles. The van der Waals surface area contributed by atoms with Gasteiger partial charge in [0.1, 0.15) is 39.9 Å². The van der Waals surface area contributed by atoms with E-state index in [1.54, 1.807) is 13.8 Å². The smallest absolute Gasteiger partial charge is 0.390 e. The molecule has 0 saturated carbocycles. The minimum absolute atomic E-state index is 0.00675. The Kier molecular flexibility index (Phi) is 16.6. The first kappa shape index (κ1) is 56.3. The summed E-state index contributed by atoms with van der Waals surface area (Å²) in [4.78, 5) is 62.1. The summed E-state index contributed by atoms with van der Waals surface area (Å²) in [5.41, 5.74) is 2.47. The number of hydrogen-bond donors (Lipinski definition) is 5. The lowest BCUT2D eigenvalue weighted by atomic mass is 9.92. The van der Waals surface area contributed by atoms with Gasteiger partial charge in [0.2, 0.25) is 35.6 Å². The second-order valence-corrected chi connectivity index (χ2v) is 21.2. The number of aromatic nitrogens is 9. The number of carbonyl (C=O) groups is 3. The van der Waals surface area contributed by atoms with Crippen molar-refractivity contribution < 1.29 is 46.5 Å². The van der Waals surface area contributed by atoms with E-state index < -0.39 is 41.5 Å². The van der Waals surface area contributed by atoms with E-state index >= 15 is 0 Å². The van der Waals surface area contributed by atoms with Crippen molar-refractivity contribution in [2.24, 2.45) is 5.41 Å².